The van der Waals surface area contributed by atoms with Crippen molar-refractivity contribution in [2.75, 3.05) is 6.61 Å². The predicted molar refractivity (Wildman–Crippen MR) is 79.0 cm³/mol. The normalized spacial score (nSPS) is 14.5. The number of rotatable bonds is 4. The number of hydrogen-bond acceptors (Lipinski definition) is 4. The van der Waals surface area contributed by atoms with Crippen LogP contribution < -0.4 is 9.47 Å². The van der Waals surface area contributed by atoms with E-state index in [1.165, 1.54) is 0 Å². The summed E-state index contributed by atoms with van der Waals surface area (Å²) >= 11 is 0. The maximum absolute atomic E-state index is 12.2. The average Bonchev–Trinajstić information content (AvgIpc) is 2.82. The summed E-state index contributed by atoms with van der Waals surface area (Å²) < 4.78 is 10.6. The number of carboxylic acid groups (broad SMARTS) is 1. The largest absolute Gasteiger partial charge is 0.482 e. The molecule has 1 aliphatic heterocycles. The summed E-state index contributed by atoms with van der Waals surface area (Å²) in [6.45, 7) is -0.416. The lowest BCUT2D eigenvalue weighted by atomic mass is 10.1. The van der Waals surface area contributed by atoms with Crippen molar-refractivity contribution < 1.29 is 24.2 Å². The number of Topliss-reactive ketones (excluding diaryl/α,β-unsaturated/α-hetero) is 1. The summed E-state index contributed by atoms with van der Waals surface area (Å²) in [5.41, 5.74) is 1.23. The number of ether oxygens (including phenoxy) is 2. The minimum absolute atomic E-state index is 0.174. The fourth-order valence-corrected chi connectivity index (χ4v) is 2.13. The van der Waals surface area contributed by atoms with E-state index in [1.807, 2.05) is 0 Å². The molecule has 1 heterocycles. The first-order chi connectivity index (χ1) is 10.6. The summed E-state index contributed by atoms with van der Waals surface area (Å²) in [4.78, 5) is 22.7. The molecule has 0 fully saturated rings. The molecule has 0 saturated heterocycles. The summed E-state index contributed by atoms with van der Waals surface area (Å²) in [5, 5.41) is 8.61. The molecule has 1 N–H and O–H groups in total. The molecule has 0 unspecified atom stereocenters. The van der Waals surface area contributed by atoms with E-state index >= 15 is 0 Å². The lowest BCUT2D eigenvalue weighted by molar-refractivity contribution is -0.139. The first kappa shape index (κ1) is 13.9. The Morgan fingerprint density at radius 1 is 1.18 bits per heavy atom. The summed E-state index contributed by atoms with van der Waals surface area (Å²) in [6.07, 6.45) is 1.61. The number of ketones is 1. The zero-order valence-corrected chi connectivity index (χ0v) is 11.5. The van der Waals surface area contributed by atoms with Gasteiger partial charge in [0.1, 0.15) is 11.5 Å². The maximum atomic E-state index is 12.2. The summed E-state index contributed by atoms with van der Waals surface area (Å²) in [6, 6.07) is 13.8. The number of aliphatic carboxylic acids is 1. The quantitative estimate of drug-likeness (QED) is 0.878. The van der Waals surface area contributed by atoms with Crippen LogP contribution in [0.15, 0.2) is 54.3 Å². The van der Waals surface area contributed by atoms with Crippen LogP contribution in [0.2, 0.25) is 0 Å². The molecule has 0 aliphatic carbocycles. The number of hydrogen-bond donors (Lipinski definition) is 1. The van der Waals surface area contributed by atoms with E-state index < -0.39 is 12.6 Å². The van der Waals surface area contributed by atoms with E-state index in [0.29, 0.717) is 22.6 Å². The molecule has 0 amide bonds. The lowest BCUT2D eigenvalue weighted by Gasteiger charge is -2.04. The number of carboxylic acids is 1. The minimum atomic E-state index is -1.05. The zero-order chi connectivity index (χ0) is 15.5. The van der Waals surface area contributed by atoms with Crippen LogP contribution in [-0.2, 0) is 4.79 Å². The van der Waals surface area contributed by atoms with Crippen molar-refractivity contribution >= 4 is 17.8 Å². The van der Waals surface area contributed by atoms with Gasteiger partial charge in [-0.05, 0) is 35.9 Å². The lowest BCUT2D eigenvalue weighted by Crippen LogP contribution is -2.09. The molecular weight excluding hydrogens is 284 g/mol. The van der Waals surface area contributed by atoms with E-state index in [1.54, 1.807) is 54.6 Å². The van der Waals surface area contributed by atoms with E-state index in [0.717, 1.165) is 0 Å². The second-order valence-electron chi connectivity index (χ2n) is 4.69. The van der Waals surface area contributed by atoms with Gasteiger partial charge in [0.25, 0.3) is 0 Å². The number of para-hydroxylation sites is 1. The fourth-order valence-electron chi connectivity index (χ4n) is 2.13. The van der Waals surface area contributed by atoms with Gasteiger partial charge in [-0.25, -0.2) is 4.79 Å². The topological polar surface area (TPSA) is 72.8 Å². The Labute approximate surface area is 126 Å². The molecule has 0 spiro atoms. The van der Waals surface area contributed by atoms with Crippen LogP contribution in [0.5, 0.6) is 11.5 Å². The molecule has 0 radical (unpaired) electrons. The standard InChI is InChI=1S/C17H12O5/c18-16(19)10-21-12-5-3-4-11(8-12)9-15-17(20)13-6-1-2-7-14(13)22-15/h1-9H,10H2,(H,18,19)/b15-9+. The number of carbonyl (C=O) groups is 2. The molecule has 2 aromatic carbocycles. The van der Waals surface area contributed by atoms with Crippen LogP contribution in [-0.4, -0.2) is 23.5 Å². The molecule has 0 aromatic heterocycles. The van der Waals surface area contributed by atoms with Gasteiger partial charge in [0.2, 0.25) is 5.78 Å². The number of allylic oxidation sites excluding steroid dienone is 1. The average molecular weight is 296 g/mol. The Morgan fingerprint density at radius 3 is 2.77 bits per heavy atom. The van der Waals surface area contributed by atoms with E-state index in [2.05, 4.69) is 0 Å². The SMILES string of the molecule is O=C(O)COc1cccc(/C=C2/Oc3ccccc3C2=O)c1. The van der Waals surface area contributed by atoms with Gasteiger partial charge >= 0.3 is 5.97 Å². The second kappa shape index (κ2) is 5.73. The molecule has 5 nitrogen and oxygen atoms in total. The van der Waals surface area contributed by atoms with Gasteiger partial charge in [-0.1, -0.05) is 24.3 Å². The fraction of sp³-hybridized carbons (Fsp3) is 0.0588. The van der Waals surface area contributed by atoms with E-state index in [-0.39, 0.29) is 11.5 Å². The highest BCUT2D eigenvalue weighted by Crippen LogP contribution is 2.31. The van der Waals surface area contributed by atoms with E-state index in [4.69, 9.17) is 14.6 Å². The highest BCUT2D eigenvalue weighted by atomic mass is 16.5. The Balaban J connectivity index is 1.83. The van der Waals surface area contributed by atoms with Crippen molar-refractivity contribution in [1.29, 1.82) is 0 Å². The van der Waals surface area contributed by atoms with Crippen molar-refractivity contribution in [3.8, 4) is 11.5 Å². The first-order valence-electron chi connectivity index (χ1n) is 6.61. The van der Waals surface area contributed by atoms with Gasteiger partial charge < -0.3 is 14.6 Å². The maximum Gasteiger partial charge on any atom is 0.341 e. The molecule has 0 bridgehead atoms. The van der Waals surface area contributed by atoms with Crippen molar-refractivity contribution in [2.24, 2.45) is 0 Å². The molecule has 22 heavy (non-hydrogen) atoms. The highest BCUT2D eigenvalue weighted by Gasteiger charge is 2.26. The molecule has 0 atom stereocenters. The van der Waals surface area contributed by atoms with Crippen molar-refractivity contribution in [3.63, 3.8) is 0 Å². The number of fused-ring (bicyclic) bond motifs is 1. The third kappa shape index (κ3) is 2.83. The highest BCUT2D eigenvalue weighted by molar-refractivity contribution is 6.14. The van der Waals surface area contributed by atoms with Gasteiger partial charge in [-0.3, -0.25) is 4.79 Å². The van der Waals surface area contributed by atoms with Gasteiger partial charge in [0.05, 0.1) is 5.56 Å². The monoisotopic (exact) mass is 296 g/mol. The van der Waals surface area contributed by atoms with Crippen LogP contribution in [0.4, 0.5) is 0 Å². The Kier molecular flexibility index (Phi) is 3.62. The second-order valence-corrected chi connectivity index (χ2v) is 4.69. The van der Waals surface area contributed by atoms with Crippen LogP contribution in [0, 0.1) is 0 Å². The zero-order valence-electron chi connectivity index (χ0n) is 11.5. The Morgan fingerprint density at radius 2 is 2.00 bits per heavy atom. The van der Waals surface area contributed by atoms with Gasteiger partial charge in [0, 0.05) is 0 Å². The molecule has 5 heteroatoms. The van der Waals surface area contributed by atoms with Gasteiger partial charge in [-0.2, -0.15) is 0 Å². The third-order valence-electron chi connectivity index (χ3n) is 3.09. The smallest absolute Gasteiger partial charge is 0.341 e. The molecule has 110 valence electrons. The third-order valence-corrected chi connectivity index (χ3v) is 3.09. The first-order valence-corrected chi connectivity index (χ1v) is 6.61. The van der Waals surface area contributed by atoms with Gasteiger partial charge in [-0.15, -0.1) is 0 Å². The molecule has 2 aromatic rings. The number of benzene rings is 2. The van der Waals surface area contributed by atoms with Crippen molar-refractivity contribution in [3.05, 3.63) is 65.4 Å². The Hall–Kier alpha value is -3.08. The molecule has 0 saturated carbocycles. The van der Waals surface area contributed by atoms with Crippen LogP contribution in [0.3, 0.4) is 0 Å². The molecule has 3 rings (SSSR count). The summed E-state index contributed by atoms with van der Waals surface area (Å²) in [5.74, 6) is -0.0331. The Bertz CT molecular complexity index is 776. The number of carbonyl (C=O) groups excluding carboxylic acids is 1. The van der Waals surface area contributed by atoms with Crippen LogP contribution in [0.1, 0.15) is 15.9 Å². The van der Waals surface area contributed by atoms with Crippen LogP contribution in [0.25, 0.3) is 6.08 Å². The van der Waals surface area contributed by atoms with Crippen LogP contribution >= 0.6 is 0 Å². The predicted octanol–water partition coefficient (Wildman–Crippen LogP) is 2.77. The molecule has 1 aliphatic rings. The van der Waals surface area contributed by atoms with Crippen molar-refractivity contribution in [1.82, 2.24) is 0 Å². The minimum Gasteiger partial charge on any atom is -0.482 e. The van der Waals surface area contributed by atoms with E-state index in [9.17, 15) is 9.59 Å². The molecular formula is C17H12O5. The summed E-state index contributed by atoms with van der Waals surface area (Å²) in [7, 11) is 0. The van der Waals surface area contributed by atoms with Gasteiger partial charge in [0.15, 0.2) is 12.4 Å². The van der Waals surface area contributed by atoms with Crippen molar-refractivity contribution in [2.45, 2.75) is 0 Å².